The van der Waals surface area contributed by atoms with Gasteiger partial charge in [0.05, 0.1) is 0 Å². The maximum atomic E-state index is 13.3. The Balaban J connectivity index is 1.97. The minimum absolute atomic E-state index is 0.0843. The van der Waals surface area contributed by atoms with Crippen LogP contribution in [0.4, 0.5) is 4.39 Å². The summed E-state index contributed by atoms with van der Waals surface area (Å²) < 4.78 is 13.3. The molecular weight excluding hydrogens is 177 g/mol. The Morgan fingerprint density at radius 2 is 2.07 bits per heavy atom. The van der Waals surface area contributed by atoms with Gasteiger partial charge < -0.3 is 5.32 Å². The Labute approximate surface area is 84.3 Å². The average molecular weight is 193 g/mol. The van der Waals surface area contributed by atoms with Crippen molar-refractivity contribution in [1.82, 2.24) is 5.32 Å². The van der Waals surface area contributed by atoms with Gasteiger partial charge in [-0.2, -0.15) is 0 Å². The maximum Gasteiger partial charge on any atom is 0.126 e. The van der Waals surface area contributed by atoms with Crippen molar-refractivity contribution in [2.24, 2.45) is 0 Å². The lowest BCUT2D eigenvalue weighted by Gasteiger charge is -2.44. The Kier molecular flexibility index (Phi) is 2.31. The van der Waals surface area contributed by atoms with Crippen molar-refractivity contribution >= 4 is 0 Å². The first-order chi connectivity index (χ1) is 6.57. The van der Waals surface area contributed by atoms with Gasteiger partial charge in [0.2, 0.25) is 0 Å². The Morgan fingerprint density at radius 3 is 2.64 bits per heavy atom. The third kappa shape index (κ3) is 1.95. The summed E-state index contributed by atoms with van der Waals surface area (Å²) in [4.78, 5) is 0. The highest BCUT2D eigenvalue weighted by Crippen LogP contribution is 2.26. The maximum absolute atomic E-state index is 13.3. The lowest BCUT2D eigenvalue weighted by Crippen LogP contribution is -2.60. The second-order valence-electron chi connectivity index (χ2n) is 4.72. The molecule has 1 unspecified atom stereocenters. The fourth-order valence-corrected chi connectivity index (χ4v) is 2.20. The molecule has 1 aliphatic heterocycles. The van der Waals surface area contributed by atoms with Crippen LogP contribution in [0.2, 0.25) is 0 Å². The Morgan fingerprint density at radius 1 is 1.43 bits per heavy atom. The smallest absolute Gasteiger partial charge is 0.126 e. The second-order valence-corrected chi connectivity index (χ2v) is 4.72. The predicted octanol–water partition coefficient (Wildman–Crippen LogP) is 2.51. The molecule has 1 nitrogen and oxygen atoms in total. The van der Waals surface area contributed by atoms with E-state index >= 15 is 0 Å². The molecule has 1 atom stereocenters. The van der Waals surface area contributed by atoms with Crippen molar-refractivity contribution in [1.29, 1.82) is 0 Å². The first-order valence-corrected chi connectivity index (χ1v) is 5.08. The normalized spacial score (nSPS) is 24.4. The summed E-state index contributed by atoms with van der Waals surface area (Å²) in [5.74, 6) is -0.0843. The second kappa shape index (κ2) is 3.35. The first kappa shape index (κ1) is 9.66. The molecule has 0 spiro atoms. The number of nitrogens with one attached hydrogen (secondary N) is 1. The van der Waals surface area contributed by atoms with Gasteiger partial charge in [-0.3, -0.25) is 0 Å². The van der Waals surface area contributed by atoms with Gasteiger partial charge in [0.15, 0.2) is 0 Å². The van der Waals surface area contributed by atoms with E-state index < -0.39 is 0 Å². The van der Waals surface area contributed by atoms with Crippen molar-refractivity contribution in [2.75, 3.05) is 0 Å². The molecule has 0 saturated carbocycles. The molecule has 0 radical (unpaired) electrons. The van der Waals surface area contributed by atoms with Gasteiger partial charge in [-0.1, -0.05) is 18.2 Å². The van der Waals surface area contributed by atoms with Crippen molar-refractivity contribution in [2.45, 2.75) is 38.3 Å². The van der Waals surface area contributed by atoms with Gasteiger partial charge in [-0.15, -0.1) is 0 Å². The molecule has 1 aliphatic rings. The minimum atomic E-state index is -0.0843. The van der Waals surface area contributed by atoms with E-state index in [1.54, 1.807) is 6.07 Å². The molecule has 1 fully saturated rings. The van der Waals surface area contributed by atoms with E-state index in [-0.39, 0.29) is 11.4 Å². The van der Waals surface area contributed by atoms with Gasteiger partial charge in [-0.25, -0.2) is 4.39 Å². The van der Waals surface area contributed by atoms with E-state index in [2.05, 4.69) is 19.2 Å². The van der Waals surface area contributed by atoms with Crippen molar-refractivity contribution in [3.8, 4) is 0 Å². The van der Waals surface area contributed by atoms with Crippen LogP contribution >= 0.6 is 0 Å². The fourth-order valence-electron chi connectivity index (χ4n) is 2.20. The highest BCUT2D eigenvalue weighted by molar-refractivity contribution is 5.19. The third-order valence-electron chi connectivity index (χ3n) is 2.78. The largest absolute Gasteiger partial charge is 0.309 e. The Bertz CT molecular complexity index is 325. The standard InChI is InChI=1S/C12H16FN/c1-12(2)8-10(14-12)7-9-5-3-4-6-11(9)13/h3-6,10,14H,7-8H2,1-2H3. The molecule has 2 rings (SSSR count). The minimum Gasteiger partial charge on any atom is -0.309 e. The summed E-state index contributed by atoms with van der Waals surface area (Å²) >= 11 is 0. The van der Waals surface area contributed by atoms with Crippen LogP contribution in [0.1, 0.15) is 25.8 Å². The molecule has 1 aromatic carbocycles. The summed E-state index contributed by atoms with van der Waals surface area (Å²) in [6, 6.07) is 7.46. The molecule has 0 bridgehead atoms. The lowest BCUT2D eigenvalue weighted by molar-refractivity contribution is 0.174. The number of halogens is 1. The summed E-state index contributed by atoms with van der Waals surface area (Å²) in [5.41, 5.74) is 1.07. The van der Waals surface area contributed by atoms with Gasteiger partial charge in [0, 0.05) is 11.6 Å². The molecular formula is C12H16FN. The van der Waals surface area contributed by atoms with Crippen LogP contribution in [0.25, 0.3) is 0 Å². The summed E-state index contributed by atoms with van der Waals surface area (Å²) in [6.07, 6.45) is 1.93. The Hall–Kier alpha value is -0.890. The predicted molar refractivity (Wildman–Crippen MR) is 55.7 cm³/mol. The molecule has 14 heavy (non-hydrogen) atoms. The molecule has 0 aromatic heterocycles. The SMILES string of the molecule is CC1(C)CC(Cc2ccccc2F)N1. The van der Waals surface area contributed by atoms with E-state index in [0.29, 0.717) is 6.04 Å². The van der Waals surface area contributed by atoms with Crippen LogP contribution in [0.5, 0.6) is 0 Å². The number of hydrogen-bond donors (Lipinski definition) is 1. The third-order valence-corrected chi connectivity index (χ3v) is 2.78. The summed E-state index contributed by atoms with van der Waals surface area (Å²) in [7, 11) is 0. The average Bonchev–Trinajstić information content (AvgIpc) is 2.05. The zero-order chi connectivity index (χ0) is 10.2. The summed E-state index contributed by atoms with van der Waals surface area (Å²) in [5, 5.41) is 3.43. The van der Waals surface area contributed by atoms with Crippen LogP contribution < -0.4 is 5.32 Å². The topological polar surface area (TPSA) is 12.0 Å². The van der Waals surface area contributed by atoms with Crippen molar-refractivity contribution in [3.63, 3.8) is 0 Å². The summed E-state index contributed by atoms with van der Waals surface area (Å²) in [6.45, 7) is 4.34. The molecule has 2 heteroatoms. The van der Waals surface area contributed by atoms with Crippen LogP contribution in [0.15, 0.2) is 24.3 Å². The zero-order valence-electron chi connectivity index (χ0n) is 8.68. The van der Waals surface area contributed by atoms with E-state index in [1.807, 2.05) is 12.1 Å². The van der Waals surface area contributed by atoms with Crippen LogP contribution in [0.3, 0.4) is 0 Å². The van der Waals surface area contributed by atoms with Crippen LogP contribution in [0, 0.1) is 5.82 Å². The van der Waals surface area contributed by atoms with E-state index in [0.717, 1.165) is 18.4 Å². The number of hydrogen-bond acceptors (Lipinski definition) is 1. The zero-order valence-corrected chi connectivity index (χ0v) is 8.68. The highest BCUT2D eigenvalue weighted by Gasteiger charge is 2.34. The molecule has 76 valence electrons. The molecule has 0 aliphatic carbocycles. The van der Waals surface area contributed by atoms with Crippen LogP contribution in [-0.4, -0.2) is 11.6 Å². The van der Waals surface area contributed by atoms with Crippen molar-refractivity contribution < 1.29 is 4.39 Å². The molecule has 1 aromatic rings. The quantitative estimate of drug-likeness (QED) is 0.761. The van der Waals surface area contributed by atoms with Gasteiger partial charge in [0.1, 0.15) is 5.82 Å². The monoisotopic (exact) mass is 193 g/mol. The number of benzene rings is 1. The van der Waals surface area contributed by atoms with Gasteiger partial charge >= 0.3 is 0 Å². The molecule has 1 heterocycles. The van der Waals surface area contributed by atoms with Crippen molar-refractivity contribution in [3.05, 3.63) is 35.6 Å². The lowest BCUT2D eigenvalue weighted by atomic mass is 9.82. The van der Waals surface area contributed by atoms with Gasteiger partial charge in [-0.05, 0) is 38.3 Å². The van der Waals surface area contributed by atoms with Gasteiger partial charge in [0.25, 0.3) is 0 Å². The highest BCUT2D eigenvalue weighted by atomic mass is 19.1. The number of rotatable bonds is 2. The first-order valence-electron chi connectivity index (χ1n) is 5.08. The molecule has 1 N–H and O–H groups in total. The van der Waals surface area contributed by atoms with E-state index in [9.17, 15) is 4.39 Å². The van der Waals surface area contributed by atoms with E-state index in [1.165, 1.54) is 6.07 Å². The fraction of sp³-hybridized carbons (Fsp3) is 0.500. The molecule has 0 amide bonds. The van der Waals surface area contributed by atoms with E-state index in [4.69, 9.17) is 0 Å². The molecule has 1 saturated heterocycles. The van der Waals surface area contributed by atoms with Crippen LogP contribution in [-0.2, 0) is 6.42 Å².